The molecule has 1 fully saturated rings. The van der Waals surface area contributed by atoms with Crippen LogP contribution in [0.3, 0.4) is 0 Å². The van der Waals surface area contributed by atoms with Crippen LogP contribution in [0.5, 0.6) is 0 Å². The monoisotopic (exact) mass is 397 g/mol. The van der Waals surface area contributed by atoms with Crippen LogP contribution in [0.2, 0.25) is 0 Å². The molecule has 0 radical (unpaired) electrons. The van der Waals surface area contributed by atoms with Gasteiger partial charge in [-0.1, -0.05) is 11.8 Å². The number of piperazine rings is 1. The van der Waals surface area contributed by atoms with E-state index in [0.717, 1.165) is 67.4 Å². The number of thioether (sulfide) groups is 1. The third-order valence-electron chi connectivity index (χ3n) is 4.55. The molecule has 0 atom stereocenters. The Labute approximate surface area is 159 Å². The van der Waals surface area contributed by atoms with Gasteiger partial charge in [-0.15, -0.1) is 11.3 Å². The van der Waals surface area contributed by atoms with Crippen molar-refractivity contribution in [2.24, 2.45) is 4.99 Å². The quantitative estimate of drug-likeness (QED) is 0.771. The van der Waals surface area contributed by atoms with E-state index in [4.69, 9.17) is 0 Å². The summed E-state index contributed by atoms with van der Waals surface area (Å²) >= 11 is 2.87. The minimum atomic E-state index is -2.86. The van der Waals surface area contributed by atoms with Crippen molar-refractivity contribution in [3.63, 3.8) is 0 Å². The zero-order valence-corrected chi connectivity index (χ0v) is 16.6. The molecule has 26 heavy (non-hydrogen) atoms. The summed E-state index contributed by atoms with van der Waals surface area (Å²) in [6, 6.07) is 1.54. The van der Waals surface area contributed by atoms with Crippen molar-refractivity contribution in [2.45, 2.75) is 31.4 Å². The first-order valence-electron chi connectivity index (χ1n) is 8.59. The van der Waals surface area contributed by atoms with Crippen molar-refractivity contribution in [1.82, 2.24) is 14.9 Å². The fourth-order valence-corrected chi connectivity index (χ4v) is 5.14. The van der Waals surface area contributed by atoms with Crippen LogP contribution in [0.4, 0.5) is 14.6 Å². The van der Waals surface area contributed by atoms with Gasteiger partial charge in [0, 0.05) is 37.8 Å². The zero-order valence-electron chi connectivity index (χ0n) is 15.0. The van der Waals surface area contributed by atoms with Gasteiger partial charge in [-0.25, -0.2) is 18.7 Å². The van der Waals surface area contributed by atoms with E-state index < -0.39 is 5.92 Å². The number of nitrogens with zero attached hydrogens (tertiary/aromatic N) is 5. The Morgan fingerprint density at radius 3 is 2.42 bits per heavy atom. The zero-order chi connectivity index (χ0) is 18.5. The number of fused-ring (bicyclic) bond motifs is 1. The van der Waals surface area contributed by atoms with Crippen LogP contribution in [0.1, 0.15) is 25.6 Å². The minimum Gasteiger partial charge on any atom is -0.352 e. The van der Waals surface area contributed by atoms with Gasteiger partial charge in [-0.2, -0.15) is 0 Å². The van der Waals surface area contributed by atoms with Gasteiger partial charge in [0.25, 0.3) is 5.92 Å². The molecule has 4 heterocycles. The summed E-state index contributed by atoms with van der Waals surface area (Å²) in [6.07, 6.45) is 1.47. The summed E-state index contributed by atoms with van der Waals surface area (Å²) < 4.78 is 27.5. The molecule has 2 aliphatic rings. The van der Waals surface area contributed by atoms with Crippen molar-refractivity contribution in [3.05, 3.63) is 17.3 Å². The first-order valence-corrected chi connectivity index (χ1v) is 10.2. The van der Waals surface area contributed by atoms with E-state index in [9.17, 15) is 8.78 Å². The summed E-state index contributed by atoms with van der Waals surface area (Å²) in [4.78, 5) is 18.4. The number of aliphatic imine (C=N–C) groups is 1. The number of anilines is 1. The number of halogens is 2. The van der Waals surface area contributed by atoms with E-state index in [1.165, 1.54) is 6.33 Å². The molecule has 2 aliphatic heterocycles. The molecule has 0 unspecified atom stereocenters. The number of aromatic nitrogens is 2. The molecule has 9 heteroatoms. The molecule has 0 saturated carbocycles. The van der Waals surface area contributed by atoms with E-state index in [1.807, 2.05) is 11.8 Å². The number of amidine groups is 1. The Balaban J connectivity index is 1.52. The molecular formula is C17H21F2N5S2. The molecule has 0 spiro atoms. The van der Waals surface area contributed by atoms with E-state index in [-0.39, 0.29) is 9.62 Å². The normalized spacial score (nSPS) is 20.7. The van der Waals surface area contributed by atoms with Gasteiger partial charge in [0.15, 0.2) is 5.17 Å². The average molecular weight is 398 g/mol. The molecule has 1 saturated heterocycles. The van der Waals surface area contributed by atoms with Gasteiger partial charge >= 0.3 is 0 Å². The molecule has 4 rings (SSSR count). The third kappa shape index (κ3) is 3.38. The Morgan fingerprint density at radius 1 is 1.12 bits per heavy atom. The SMILES string of the molecule is CC1(C)CN=C(N2CCN(c3ncnc4sc(C(C)(F)F)cc34)CC2)S1. The molecule has 0 amide bonds. The van der Waals surface area contributed by atoms with Crippen molar-refractivity contribution < 1.29 is 8.78 Å². The summed E-state index contributed by atoms with van der Waals surface area (Å²) in [5, 5.41) is 1.84. The predicted octanol–water partition coefficient (Wildman–Crippen LogP) is 3.81. The van der Waals surface area contributed by atoms with Crippen molar-refractivity contribution in [1.29, 1.82) is 0 Å². The highest BCUT2D eigenvalue weighted by Crippen LogP contribution is 2.39. The van der Waals surface area contributed by atoms with Crippen LogP contribution in [-0.2, 0) is 5.92 Å². The molecule has 0 aromatic carbocycles. The minimum absolute atomic E-state index is 0.0341. The Hall–Kier alpha value is -1.48. The lowest BCUT2D eigenvalue weighted by atomic mass is 10.2. The maximum Gasteiger partial charge on any atom is 0.279 e. The number of hydrogen-bond acceptors (Lipinski definition) is 7. The second-order valence-electron chi connectivity index (χ2n) is 7.35. The lowest BCUT2D eigenvalue weighted by Crippen LogP contribution is -2.48. The van der Waals surface area contributed by atoms with Crippen molar-refractivity contribution >= 4 is 44.3 Å². The van der Waals surface area contributed by atoms with Gasteiger partial charge in [0.2, 0.25) is 0 Å². The van der Waals surface area contributed by atoms with Gasteiger partial charge in [-0.3, -0.25) is 4.99 Å². The highest BCUT2D eigenvalue weighted by atomic mass is 32.2. The van der Waals surface area contributed by atoms with Crippen LogP contribution in [0.25, 0.3) is 10.2 Å². The molecule has 0 bridgehead atoms. The van der Waals surface area contributed by atoms with E-state index >= 15 is 0 Å². The lowest BCUT2D eigenvalue weighted by Gasteiger charge is -2.36. The smallest absolute Gasteiger partial charge is 0.279 e. The van der Waals surface area contributed by atoms with Crippen LogP contribution in [0.15, 0.2) is 17.4 Å². The van der Waals surface area contributed by atoms with Crippen LogP contribution in [-0.4, -0.2) is 57.5 Å². The van der Waals surface area contributed by atoms with Gasteiger partial charge in [0.1, 0.15) is 17.0 Å². The van der Waals surface area contributed by atoms with E-state index in [2.05, 4.69) is 38.6 Å². The molecule has 2 aromatic rings. The third-order valence-corrected chi connectivity index (χ3v) is 7.02. The Kier molecular flexibility index (Phi) is 4.34. The molecule has 0 N–H and O–H groups in total. The van der Waals surface area contributed by atoms with Crippen LogP contribution in [0, 0.1) is 0 Å². The summed E-state index contributed by atoms with van der Waals surface area (Å²) in [5.41, 5.74) is 0. The van der Waals surface area contributed by atoms with E-state index in [1.54, 1.807) is 6.07 Å². The second kappa shape index (κ2) is 6.30. The molecule has 140 valence electrons. The maximum atomic E-state index is 13.7. The molecular weight excluding hydrogens is 376 g/mol. The number of rotatable bonds is 2. The highest BCUT2D eigenvalue weighted by molar-refractivity contribution is 8.15. The molecule has 0 aliphatic carbocycles. The number of hydrogen-bond donors (Lipinski definition) is 0. The highest BCUT2D eigenvalue weighted by Gasteiger charge is 2.33. The Morgan fingerprint density at radius 2 is 1.81 bits per heavy atom. The number of thiophene rings is 1. The van der Waals surface area contributed by atoms with Gasteiger partial charge in [0.05, 0.1) is 16.8 Å². The van der Waals surface area contributed by atoms with Crippen LogP contribution < -0.4 is 4.90 Å². The fourth-order valence-electron chi connectivity index (χ4n) is 3.16. The standard InChI is InChI=1S/C17H21F2N5S2/c1-16(2)9-20-15(26-16)24-6-4-23(5-7-24)13-11-8-12(17(3,18)19)25-14(11)22-10-21-13/h8,10H,4-7,9H2,1-3H3. The second-order valence-corrected chi connectivity index (χ2v) is 10.1. The fraction of sp³-hybridized carbons (Fsp3) is 0.588. The largest absolute Gasteiger partial charge is 0.352 e. The van der Waals surface area contributed by atoms with Crippen LogP contribution >= 0.6 is 23.1 Å². The summed E-state index contributed by atoms with van der Waals surface area (Å²) in [6.45, 7) is 9.48. The molecule has 5 nitrogen and oxygen atoms in total. The summed E-state index contributed by atoms with van der Waals surface area (Å²) in [7, 11) is 0. The summed E-state index contributed by atoms with van der Waals surface area (Å²) in [5.74, 6) is -2.10. The van der Waals surface area contributed by atoms with Gasteiger partial charge < -0.3 is 9.80 Å². The van der Waals surface area contributed by atoms with E-state index in [0.29, 0.717) is 4.83 Å². The topological polar surface area (TPSA) is 44.6 Å². The van der Waals surface area contributed by atoms with Gasteiger partial charge in [-0.05, 0) is 19.9 Å². The number of alkyl halides is 2. The Bertz CT molecular complexity index is 850. The molecule has 2 aromatic heterocycles. The lowest BCUT2D eigenvalue weighted by molar-refractivity contribution is 0.0216. The average Bonchev–Trinajstić information content (AvgIpc) is 3.17. The van der Waals surface area contributed by atoms with Crippen molar-refractivity contribution in [3.8, 4) is 0 Å². The first kappa shape index (κ1) is 17.9. The first-order chi connectivity index (χ1) is 12.2. The predicted molar refractivity (Wildman–Crippen MR) is 105 cm³/mol. The van der Waals surface area contributed by atoms with Crippen molar-refractivity contribution in [2.75, 3.05) is 37.6 Å². The maximum absolute atomic E-state index is 13.7.